The van der Waals surface area contributed by atoms with Crippen LogP contribution in [0.3, 0.4) is 0 Å². The molecule has 1 rings (SSSR count). The van der Waals surface area contributed by atoms with Crippen LogP contribution in [0, 0.1) is 12.8 Å². The van der Waals surface area contributed by atoms with Gasteiger partial charge >= 0.3 is 0 Å². The van der Waals surface area contributed by atoms with E-state index in [1.165, 1.54) is 0 Å². The van der Waals surface area contributed by atoms with Crippen LogP contribution in [0.5, 0.6) is 0 Å². The fourth-order valence-corrected chi connectivity index (χ4v) is 1.43. The lowest BCUT2D eigenvalue weighted by atomic mass is 10.1. The Morgan fingerprint density at radius 2 is 2.13 bits per heavy atom. The maximum Gasteiger partial charge on any atom is 0.0593 e. The highest BCUT2D eigenvalue weighted by atomic mass is 15.3. The van der Waals surface area contributed by atoms with Gasteiger partial charge in [-0.3, -0.25) is 4.68 Å². The molecule has 0 fully saturated rings. The van der Waals surface area contributed by atoms with Crippen molar-refractivity contribution in [3.8, 4) is 0 Å². The minimum atomic E-state index is 0.203. The Kier molecular flexibility index (Phi) is 3.91. The van der Waals surface area contributed by atoms with Crippen molar-refractivity contribution >= 4 is 0 Å². The van der Waals surface area contributed by atoms with E-state index in [1.807, 2.05) is 23.9 Å². The van der Waals surface area contributed by atoms with Crippen molar-refractivity contribution in [2.45, 2.75) is 46.7 Å². The van der Waals surface area contributed by atoms with E-state index in [0.717, 1.165) is 18.8 Å². The van der Waals surface area contributed by atoms with Crippen molar-refractivity contribution in [1.82, 2.24) is 15.1 Å². The highest BCUT2D eigenvalue weighted by Crippen LogP contribution is 2.04. The van der Waals surface area contributed by atoms with E-state index < -0.39 is 0 Å². The van der Waals surface area contributed by atoms with Gasteiger partial charge in [0.1, 0.15) is 0 Å². The molecule has 1 N–H and O–H groups in total. The number of aromatic nitrogens is 2. The minimum absolute atomic E-state index is 0.203. The fraction of sp³-hybridized carbons (Fsp3) is 0.750. The van der Waals surface area contributed by atoms with Gasteiger partial charge in [0.25, 0.3) is 0 Å². The number of hydrogen-bond acceptors (Lipinski definition) is 2. The summed E-state index contributed by atoms with van der Waals surface area (Å²) in [5.41, 5.74) is 1.29. The summed E-state index contributed by atoms with van der Waals surface area (Å²) in [6.45, 7) is 12.9. The molecule has 86 valence electrons. The van der Waals surface area contributed by atoms with Crippen molar-refractivity contribution in [1.29, 1.82) is 0 Å². The molecule has 15 heavy (non-hydrogen) atoms. The summed E-state index contributed by atoms with van der Waals surface area (Å²) in [4.78, 5) is 0. The van der Waals surface area contributed by atoms with Crippen molar-refractivity contribution in [3.63, 3.8) is 0 Å². The molecular weight excluding hydrogens is 186 g/mol. The van der Waals surface area contributed by atoms with Gasteiger partial charge in [0.05, 0.1) is 5.69 Å². The molecule has 1 heterocycles. The first-order valence-corrected chi connectivity index (χ1v) is 5.62. The average Bonchev–Trinajstić information content (AvgIpc) is 2.47. The summed E-state index contributed by atoms with van der Waals surface area (Å²) in [6.07, 6.45) is 2.04. The van der Waals surface area contributed by atoms with Crippen LogP contribution in [-0.2, 0) is 6.54 Å². The van der Waals surface area contributed by atoms with Gasteiger partial charge in [-0.25, -0.2) is 0 Å². The highest BCUT2D eigenvalue weighted by molar-refractivity contribution is 4.94. The quantitative estimate of drug-likeness (QED) is 0.824. The summed E-state index contributed by atoms with van der Waals surface area (Å²) in [5.74, 6) is 0.600. The van der Waals surface area contributed by atoms with Crippen LogP contribution < -0.4 is 5.32 Å². The Balaban J connectivity index is 2.33. The second-order valence-corrected chi connectivity index (χ2v) is 5.42. The van der Waals surface area contributed by atoms with E-state index in [-0.39, 0.29) is 5.54 Å². The van der Waals surface area contributed by atoms with Crippen LogP contribution in [0.2, 0.25) is 0 Å². The smallest absolute Gasteiger partial charge is 0.0593 e. The average molecular weight is 209 g/mol. The van der Waals surface area contributed by atoms with Crippen LogP contribution in [0.25, 0.3) is 0 Å². The first kappa shape index (κ1) is 12.2. The Hall–Kier alpha value is -0.830. The lowest BCUT2D eigenvalue weighted by molar-refractivity contribution is 0.351. The van der Waals surface area contributed by atoms with Crippen molar-refractivity contribution in [3.05, 3.63) is 18.0 Å². The molecule has 0 aliphatic carbocycles. The molecule has 0 saturated carbocycles. The first-order valence-electron chi connectivity index (χ1n) is 5.62. The van der Waals surface area contributed by atoms with Gasteiger partial charge in [-0.2, -0.15) is 5.10 Å². The van der Waals surface area contributed by atoms with Crippen LogP contribution in [0.4, 0.5) is 0 Å². The summed E-state index contributed by atoms with van der Waals surface area (Å²) < 4.78 is 2.02. The van der Waals surface area contributed by atoms with Gasteiger partial charge < -0.3 is 5.32 Å². The normalized spacial score (nSPS) is 14.2. The van der Waals surface area contributed by atoms with Crippen molar-refractivity contribution in [2.24, 2.45) is 5.92 Å². The van der Waals surface area contributed by atoms with Gasteiger partial charge in [-0.05, 0) is 46.2 Å². The van der Waals surface area contributed by atoms with Crippen LogP contribution in [-0.4, -0.2) is 21.9 Å². The van der Waals surface area contributed by atoms with E-state index in [2.05, 4.69) is 38.1 Å². The maximum atomic E-state index is 4.38. The number of aryl methyl sites for hydroxylation is 1. The Morgan fingerprint density at radius 1 is 1.47 bits per heavy atom. The number of hydrogen-bond donors (Lipinski definition) is 1. The molecule has 0 amide bonds. The van der Waals surface area contributed by atoms with E-state index in [0.29, 0.717) is 5.92 Å². The molecule has 0 aromatic carbocycles. The van der Waals surface area contributed by atoms with E-state index in [1.54, 1.807) is 0 Å². The zero-order valence-corrected chi connectivity index (χ0v) is 10.5. The third kappa shape index (κ3) is 4.98. The van der Waals surface area contributed by atoms with Crippen LogP contribution in [0.15, 0.2) is 12.3 Å². The molecule has 0 aliphatic rings. The summed E-state index contributed by atoms with van der Waals surface area (Å²) in [5, 5.41) is 7.89. The SMILES string of the molecule is Cc1ccn(CC(C)CNC(C)(C)C)n1. The third-order valence-corrected chi connectivity index (χ3v) is 2.25. The van der Waals surface area contributed by atoms with Gasteiger partial charge in [-0.15, -0.1) is 0 Å². The topological polar surface area (TPSA) is 29.9 Å². The molecule has 0 bridgehead atoms. The highest BCUT2D eigenvalue weighted by Gasteiger charge is 2.11. The predicted molar refractivity (Wildman–Crippen MR) is 63.9 cm³/mol. The van der Waals surface area contributed by atoms with E-state index in [4.69, 9.17) is 0 Å². The zero-order chi connectivity index (χ0) is 11.5. The summed E-state index contributed by atoms with van der Waals surface area (Å²) in [6, 6.07) is 2.05. The molecule has 0 spiro atoms. The van der Waals surface area contributed by atoms with Crippen molar-refractivity contribution in [2.75, 3.05) is 6.54 Å². The lowest BCUT2D eigenvalue weighted by Gasteiger charge is -2.23. The summed E-state index contributed by atoms with van der Waals surface area (Å²) >= 11 is 0. The molecule has 3 heteroatoms. The monoisotopic (exact) mass is 209 g/mol. The van der Waals surface area contributed by atoms with Crippen molar-refractivity contribution < 1.29 is 0 Å². The Morgan fingerprint density at radius 3 is 2.60 bits per heavy atom. The fourth-order valence-electron chi connectivity index (χ4n) is 1.43. The largest absolute Gasteiger partial charge is 0.312 e. The first-order chi connectivity index (χ1) is 6.87. The lowest BCUT2D eigenvalue weighted by Crippen LogP contribution is -2.39. The van der Waals surface area contributed by atoms with Gasteiger partial charge in [0.15, 0.2) is 0 Å². The molecule has 0 radical (unpaired) electrons. The van der Waals surface area contributed by atoms with Gasteiger partial charge in [0.2, 0.25) is 0 Å². The second-order valence-electron chi connectivity index (χ2n) is 5.42. The standard InChI is InChI=1S/C12H23N3/c1-10(8-13-12(3,4)5)9-15-7-6-11(2)14-15/h6-7,10,13H,8-9H2,1-5H3. The molecule has 1 unspecified atom stereocenters. The van der Waals surface area contributed by atoms with Crippen LogP contribution >= 0.6 is 0 Å². The Labute approximate surface area is 92.9 Å². The zero-order valence-electron chi connectivity index (χ0n) is 10.5. The predicted octanol–water partition coefficient (Wildman–Crippen LogP) is 2.22. The molecule has 3 nitrogen and oxygen atoms in total. The molecule has 1 aromatic rings. The summed E-state index contributed by atoms with van der Waals surface area (Å²) in [7, 11) is 0. The van der Waals surface area contributed by atoms with E-state index in [9.17, 15) is 0 Å². The van der Waals surface area contributed by atoms with Crippen LogP contribution in [0.1, 0.15) is 33.4 Å². The Bertz CT molecular complexity index is 296. The van der Waals surface area contributed by atoms with E-state index >= 15 is 0 Å². The molecule has 1 atom stereocenters. The third-order valence-electron chi connectivity index (χ3n) is 2.25. The molecule has 1 aromatic heterocycles. The number of nitrogens with zero attached hydrogens (tertiary/aromatic N) is 2. The van der Waals surface area contributed by atoms with Gasteiger partial charge in [0, 0.05) is 18.3 Å². The second kappa shape index (κ2) is 4.79. The minimum Gasteiger partial charge on any atom is -0.312 e. The number of rotatable bonds is 4. The maximum absolute atomic E-state index is 4.38. The molecule has 0 aliphatic heterocycles. The molecular formula is C12H23N3. The van der Waals surface area contributed by atoms with Gasteiger partial charge in [-0.1, -0.05) is 6.92 Å². The number of nitrogens with one attached hydrogen (secondary N) is 1. The molecule has 0 saturated heterocycles.